The van der Waals surface area contributed by atoms with Gasteiger partial charge in [0.25, 0.3) is 0 Å². The Kier molecular flexibility index (Phi) is 6.49. The molecule has 0 saturated heterocycles. The van der Waals surface area contributed by atoms with Crippen LogP contribution in [-0.2, 0) is 12.6 Å². The molecule has 0 spiro atoms. The van der Waals surface area contributed by atoms with E-state index in [-0.39, 0.29) is 23.3 Å². The number of amidine groups is 1. The average molecular weight is 452 g/mol. The molecule has 0 aromatic heterocycles. The van der Waals surface area contributed by atoms with Crippen molar-refractivity contribution in [3.8, 4) is 0 Å². The van der Waals surface area contributed by atoms with Gasteiger partial charge in [-0.25, -0.2) is 4.99 Å². The lowest BCUT2D eigenvalue weighted by Crippen LogP contribution is -2.20. The van der Waals surface area contributed by atoms with Gasteiger partial charge < -0.3 is 0 Å². The normalized spacial score (nSPS) is 12.5. The molecule has 0 radical (unpaired) electrons. The molecule has 0 unspecified atom stereocenters. The number of nitrogens with zero attached hydrogens (tertiary/aromatic N) is 3. The number of halogens is 6. The second-order valence-electron chi connectivity index (χ2n) is 5.94. The Balaban J connectivity index is 2.64. The molecule has 0 aliphatic carbocycles. The van der Waals surface area contributed by atoms with Gasteiger partial charge >= 0.3 is 23.7 Å². The highest BCUT2D eigenvalue weighted by atomic mass is 19.4. The first-order valence-electron chi connectivity index (χ1n) is 7.92. The second kappa shape index (κ2) is 8.55. The van der Waals surface area contributed by atoms with Gasteiger partial charge in [-0.15, -0.1) is 0 Å². The number of nitro groups is 2. The molecule has 0 aliphatic heterocycles. The number of hydrogen-bond acceptors (Lipinski definition) is 6. The van der Waals surface area contributed by atoms with E-state index < -0.39 is 57.1 Å². The van der Waals surface area contributed by atoms with E-state index in [9.17, 15) is 51.8 Å². The van der Waals surface area contributed by atoms with Crippen molar-refractivity contribution in [3.05, 3.63) is 73.3 Å². The molecule has 2 rings (SSSR count). The lowest BCUT2D eigenvalue weighted by atomic mass is 10.1. The Hall–Kier alpha value is -3.75. The summed E-state index contributed by atoms with van der Waals surface area (Å²) < 4.78 is 76.1. The van der Waals surface area contributed by atoms with Crippen molar-refractivity contribution in [3.63, 3.8) is 0 Å². The smallest absolute Gasteiger partial charge is 0.290 e. The van der Waals surface area contributed by atoms with E-state index in [1.807, 2.05) is 0 Å². The van der Waals surface area contributed by atoms with E-state index in [4.69, 9.17) is 0 Å². The van der Waals surface area contributed by atoms with Crippen molar-refractivity contribution in [2.45, 2.75) is 18.8 Å². The zero-order chi connectivity index (χ0) is 23.6. The maximum atomic E-state index is 12.9. The Labute approximate surface area is 167 Å². The van der Waals surface area contributed by atoms with Crippen LogP contribution in [0.2, 0.25) is 0 Å². The van der Waals surface area contributed by atoms with Gasteiger partial charge in [-0.1, -0.05) is 24.3 Å². The molecule has 0 saturated carbocycles. The predicted octanol–water partition coefficient (Wildman–Crippen LogP) is 4.68. The first-order valence-corrected chi connectivity index (χ1v) is 7.92. The third-order valence-corrected chi connectivity index (χ3v) is 3.75. The first kappa shape index (κ1) is 23.5. The third kappa shape index (κ3) is 5.88. The summed E-state index contributed by atoms with van der Waals surface area (Å²) >= 11 is 0. The van der Waals surface area contributed by atoms with Gasteiger partial charge in [-0.2, -0.15) is 26.3 Å². The van der Waals surface area contributed by atoms with Crippen molar-refractivity contribution >= 4 is 22.9 Å². The summed E-state index contributed by atoms with van der Waals surface area (Å²) in [5.74, 6) is -0.690. The van der Waals surface area contributed by atoms with Crippen LogP contribution >= 0.6 is 0 Å². The standard InChI is InChI=1S/C16H10F6N4O5/c17-15(18,19)7-8-1-3-9(4-2-8)14(24-27)23-13-11(25(28)29)5-10(16(20,21)22)6-12(13)26(30)31/h1-6,27H,7H2,(H,23,24). The number of hydrogen-bond donors (Lipinski definition) is 2. The van der Waals surface area contributed by atoms with Gasteiger partial charge in [0.1, 0.15) is 0 Å². The van der Waals surface area contributed by atoms with Crippen molar-refractivity contribution in [1.82, 2.24) is 5.48 Å². The number of nitrogens with one attached hydrogen (secondary N) is 1. The van der Waals surface area contributed by atoms with Gasteiger partial charge in [0.05, 0.1) is 21.8 Å². The van der Waals surface area contributed by atoms with E-state index in [0.29, 0.717) is 0 Å². The summed E-state index contributed by atoms with van der Waals surface area (Å²) in [6.07, 6.45) is -10.9. The molecular weight excluding hydrogens is 442 g/mol. The summed E-state index contributed by atoms with van der Waals surface area (Å²) in [7, 11) is 0. The van der Waals surface area contributed by atoms with E-state index in [1.165, 1.54) is 5.48 Å². The molecule has 166 valence electrons. The third-order valence-electron chi connectivity index (χ3n) is 3.75. The highest BCUT2D eigenvalue weighted by Gasteiger charge is 2.38. The molecule has 0 fully saturated rings. The Morgan fingerprint density at radius 2 is 1.45 bits per heavy atom. The van der Waals surface area contributed by atoms with Crippen LogP contribution in [-0.4, -0.2) is 27.1 Å². The van der Waals surface area contributed by atoms with Crippen LogP contribution in [0.5, 0.6) is 0 Å². The van der Waals surface area contributed by atoms with Crippen LogP contribution < -0.4 is 5.48 Å². The summed E-state index contributed by atoms with van der Waals surface area (Å²) in [5, 5.41) is 31.7. The SMILES string of the molecule is O=[N+]([O-])c1cc(C(F)(F)F)cc([N+](=O)[O-])c1N=C(NO)c1ccc(CC(F)(F)F)cc1. The summed E-state index contributed by atoms with van der Waals surface area (Å²) in [5.41, 5.74) is -4.39. The first-order chi connectivity index (χ1) is 14.2. The number of alkyl halides is 6. The molecule has 0 aliphatic rings. The maximum Gasteiger partial charge on any atom is 0.416 e. The number of nitro benzene ring substituents is 2. The molecule has 2 aromatic rings. The summed E-state index contributed by atoms with van der Waals surface area (Å²) in [6, 6.07) is 4.09. The fraction of sp³-hybridized carbons (Fsp3) is 0.188. The van der Waals surface area contributed by atoms with Crippen LogP contribution in [0.4, 0.5) is 43.4 Å². The van der Waals surface area contributed by atoms with E-state index in [2.05, 4.69) is 4.99 Å². The van der Waals surface area contributed by atoms with Crippen LogP contribution in [0, 0.1) is 20.2 Å². The zero-order valence-corrected chi connectivity index (χ0v) is 14.9. The minimum absolute atomic E-state index is 0.0350. The fourth-order valence-electron chi connectivity index (χ4n) is 2.44. The Bertz CT molecular complexity index is 999. The zero-order valence-electron chi connectivity index (χ0n) is 14.9. The van der Waals surface area contributed by atoms with E-state index >= 15 is 0 Å². The van der Waals surface area contributed by atoms with Crippen molar-refractivity contribution < 1.29 is 41.4 Å². The topological polar surface area (TPSA) is 131 Å². The molecule has 2 aromatic carbocycles. The molecule has 15 heteroatoms. The number of aliphatic imine (C=N–C) groups is 1. The lowest BCUT2D eigenvalue weighted by Gasteiger charge is -2.10. The van der Waals surface area contributed by atoms with Crippen molar-refractivity contribution in [2.24, 2.45) is 4.99 Å². The summed E-state index contributed by atoms with van der Waals surface area (Å²) in [6.45, 7) is 0. The molecule has 0 heterocycles. The lowest BCUT2D eigenvalue weighted by molar-refractivity contribution is -0.392. The van der Waals surface area contributed by atoms with E-state index in [0.717, 1.165) is 24.3 Å². The molecule has 2 N–H and O–H groups in total. The average Bonchev–Trinajstić information content (AvgIpc) is 2.64. The Morgan fingerprint density at radius 3 is 1.81 bits per heavy atom. The summed E-state index contributed by atoms with van der Waals surface area (Å²) in [4.78, 5) is 23.3. The molecule has 0 atom stereocenters. The van der Waals surface area contributed by atoms with E-state index in [1.54, 1.807) is 0 Å². The molecule has 0 amide bonds. The van der Waals surface area contributed by atoms with Gasteiger partial charge in [0.15, 0.2) is 5.84 Å². The molecule has 9 nitrogen and oxygen atoms in total. The molecular formula is C16H10F6N4O5. The highest BCUT2D eigenvalue weighted by Crippen LogP contribution is 2.43. The van der Waals surface area contributed by atoms with Crippen LogP contribution in [0.1, 0.15) is 16.7 Å². The van der Waals surface area contributed by atoms with Crippen molar-refractivity contribution in [1.29, 1.82) is 0 Å². The van der Waals surface area contributed by atoms with Gasteiger partial charge in [0, 0.05) is 17.7 Å². The number of rotatable bonds is 5. The molecule has 0 bridgehead atoms. The highest BCUT2D eigenvalue weighted by molar-refractivity contribution is 6.00. The van der Waals surface area contributed by atoms with Crippen molar-refractivity contribution in [2.75, 3.05) is 0 Å². The van der Waals surface area contributed by atoms with Gasteiger partial charge in [-0.05, 0) is 5.56 Å². The number of benzene rings is 2. The predicted molar refractivity (Wildman–Crippen MR) is 92.1 cm³/mol. The monoisotopic (exact) mass is 452 g/mol. The quantitative estimate of drug-likeness (QED) is 0.223. The van der Waals surface area contributed by atoms with Crippen LogP contribution in [0.25, 0.3) is 0 Å². The Morgan fingerprint density at radius 1 is 0.968 bits per heavy atom. The minimum atomic E-state index is -5.13. The maximum absolute atomic E-state index is 12.9. The fourth-order valence-corrected chi connectivity index (χ4v) is 2.44. The van der Waals surface area contributed by atoms with Gasteiger partial charge in [0.2, 0.25) is 5.69 Å². The number of hydroxylamine groups is 1. The second-order valence-corrected chi connectivity index (χ2v) is 5.94. The minimum Gasteiger partial charge on any atom is -0.290 e. The van der Waals surface area contributed by atoms with Crippen LogP contribution in [0.15, 0.2) is 41.4 Å². The van der Waals surface area contributed by atoms with Gasteiger partial charge in [-0.3, -0.25) is 30.9 Å². The molecule has 31 heavy (non-hydrogen) atoms. The van der Waals surface area contributed by atoms with Crippen LogP contribution in [0.3, 0.4) is 0 Å². The largest absolute Gasteiger partial charge is 0.416 e.